The first-order valence-electron chi connectivity index (χ1n) is 8.52. The lowest BCUT2D eigenvalue weighted by Gasteiger charge is -2.15. The minimum atomic E-state index is -3.49. The summed E-state index contributed by atoms with van der Waals surface area (Å²) in [6.07, 6.45) is 2.56. The molecule has 1 aromatic carbocycles. The number of nitrogens with one attached hydrogen (secondary N) is 2. The minimum absolute atomic E-state index is 0.0551. The summed E-state index contributed by atoms with van der Waals surface area (Å²) < 4.78 is 26.3. The van der Waals surface area contributed by atoms with Crippen LogP contribution in [0.3, 0.4) is 0 Å². The number of carbonyl (C=O) groups is 2. The Bertz CT molecular complexity index is 710. The molecule has 1 unspecified atom stereocenters. The molecule has 0 radical (unpaired) electrons. The number of hydrogen-bond acceptors (Lipinski definition) is 4. The van der Waals surface area contributed by atoms with E-state index in [1.54, 1.807) is 0 Å². The summed E-state index contributed by atoms with van der Waals surface area (Å²) in [5, 5.41) is 5.29. The van der Waals surface area contributed by atoms with Gasteiger partial charge in [-0.25, -0.2) is 8.42 Å². The Morgan fingerprint density at radius 2 is 1.76 bits per heavy atom. The highest BCUT2D eigenvalue weighted by Crippen LogP contribution is 2.21. The average molecular weight is 367 g/mol. The van der Waals surface area contributed by atoms with Gasteiger partial charge in [0.05, 0.1) is 11.4 Å². The molecule has 1 aliphatic heterocycles. The van der Waals surface area contributed by atoms with E-state index in [0.29, 0.717) is 18.7 Å². The predicted octanol–water partition coefficient (Wildman–Crippen LogP) is 1.12. The van der Waals surface area contributed by atoms with Crippen molar-refractivity contribution in [3.63, 3.8) is 0 Å². The van der Waals surface area contributed by atoms with Crippen LogP contribution >= 0.6 is 0 Å². The molecule has 2 rings (SSSR count). The number of nitrogens with zero attached hydrogens (tertiary/aromatic N) is 1. The Balaban J connectivity index is 1.95. The normalized spacial score (nSPS) is 16.4. The van der Waals surface area contributed by atoms with Crippen molar-refractivity contribution in [2.24, 2.45) is 0 Å². The fourth-order valence-corrected chi connectivity index (χ4v) is 4.06. The summed E-state index contributed by atoms with van der Waals surface area (Å²) in [5.41, 5.74) is 0.316. The maximum atomic E-state index is 12.4. The topological polar surface area (TPSA) is 95.6 Å². The monoisotopic (exact) mass is 367 g/mol. The smallest absolute Gasteiger partial charge is 0.251 e. The first-order chi connectivity index (χ1) is 11.8. The third-order valence-electron chi connectivity index (χ3n) is 4.25. The lowest BCUT2D eigenvalue weighted by molar-refractivity contribution is -0.120. The summed E-state index contributed by atoms with van der Waals surface area (Å²) in [6.45, 7) is 4.81. The number of sulfonamides is 1. The molecular weight excluding hydrogens is 342 g/mol. The van der Waals surface area contributed by atoms with Gasteiger partial charge in [-0.05, 0) is 50.5 Å². The predicted molar refractivity (Wildman–Crippen MR) is 94.7 cm³/mol. The molecule has 8 heteroatoms. The first kappa shape index (κ1) is 19.4. The van der Waals surface area contributed by atoms with Gasteiger partial charge in [-0.2, -0.15) is 4.31 Å². The molecule has 1 aliphatic rings. The Morgan fingerprint density at radius 1 is 1.16 bits per heavy atom. The Kier molecular flexibility index (Phi) is 6.55. The van der Waals surface area contributed by atoms with Crippen LogP contribution < -0.4 is 10.6 Å². The average Bonchev–Trinajstić information content (AvgIpc) is 3.15. The summed E-state index contributed by atoms with van der Waals surface area (Å²) >= 11 is 0. The van der Waals surface area contributed by atoms with Crippen molar-refractivity contribution < 1.29 is 18.0 Å². The van der Waals surface area contributed by atoms with Crippen LogP contribution in [0.4, 0.5) is 0 Å². The van der Waals surface area contributed by atoms with E-state index in [1.807, 2.05) is 13.8 Å². The van der Waals surface area contributed by atoms with Crippen LogP contribution in [-0.4, -0.2) is 50.2 Å². The van der Waals surface area contributed by atoms with Crippen molar-refractivity contribution in [3.05, 3.63) is 29.8 Å². The van der Waals surface area contributed by atoms with E-state index in [1.165, 1.54) is 28.6 Å². The standard InChI is InChI=1S/C17H25N3O4S/c1-3-13(2)19-16(21)12-18-17(22)14-6-8-15(9-7-14)25(23,24)20-10-4-5-11-20/h6-9,13H,3-5,10-12H2,1-2H3,(H,18,22)(H,19,21). The maximum Gasteiger partial charge on any atom is 0.251 e. The summed E-state index contributed by atoms with van der Waals surface area (Å²) in [5.74, 6) is -0.666. The van der Waals surface area contributed by atoms with E-state index in [-0.39, 0.29) is 23.4 Å². The Labute approximate surface area is 148 Å². The van der Waals surface area contributed by atoms with Crippen LogP contribution in [0.15, 0.2) is 29.2 Å². The molecule has 2 N–H and O–H groups in total. The SMILES string of the molecule is CCC(C)NC(=O)CNC(=O)c1ccc(S(=O)(=O)N2CCCC2)cc1. The summed E-state index contributed by atoms with van der Waals surface area (Å²) in [6, 6.07) is 5.85. The third-order valence-corrected chi connectivity index (χ3v) is 6.16. The van der Waals surface area contributed by atoms with Gasteiger partial charge in [0.2, 0.25) is 15.9 Å². The highest BCUT2D eigenvalue weighted by Gasteiger charge is 2.27. The lowest BCUT2D eigenvalue weighted by atomic mass is 10.2. The van der Waals surface area contributed by atoms with Crippen molar-refractivity contribution in [1.82, 2.24) is 14.9 Å². The lowest BCUT2D eigenvalue weighted by Crippen LogP contribution is -2.40. The Hall–Kier alpha value is -1.93. The summed E-state index contributed by atoms with van der Waals surface area (Å²) in [4.78, 5) is 23.9. The number of rotatable bonds is 7. The molecule has 0 aromatic heterocycles. The zero-order chi connectivity index (χ0) is 18.4. The number of hydrogen-bond donors (Lipinski definition) is 2. The molecule has 1 saturated heterocycles. The first-order valence-corrected chi connectivity index (χ1v) is 9.96. The molecule has 25 heavy (non-hydrogen) atoms. The molecule has 138 valence electrons. The van der Waals surface area contributed by atoms with Crippen molar-refractivity contribution in [2.45, 2.75) is 44.0 Å². The molecule has 1 atom stereocenters. The van der Waals surface area contributed by atoms with Crippen LogP contribution in [0, 0.1) is 0 Å². The van der Waals surface area contributed by atoms with E-state index in [2.05, 4.69) is 10.6 Å². The van der Waals surface area contributed by atoms with E-state index in [0.717, 1.165) is 19.3 Å². The van der Waals surface area contributed by atoms with Gasteiger partial charge in [-0.1, -0.05) is 6.92 Å². The molecular formula is C17H25N3O4S. The van der Waals surface area contributed by atoms with Gasteiger partial charge in [-0.3, -0.25) is 9.59 Å². The minimum Gasteiger partial charge on any atom is -0.352 e. The van der Waals surface area contributed by atoms with Crippen molar-refractivity contribution >= 4 is 21.8 Å². The Morgan fingerprint density at radius 3 is 2.32 bits per heavy atom. The fourth-order valence-electron chi connectivity index (χ4n) is 2.55. The van der Waals surface area contributed by atoms with Gasteiger partial charge < -0.3 is 10.6 Å². The second kappa shape index (κ2) is 8.44. The maximum absolute atomic E-state index is 12.4. The van der Waals surface area contributed by atoms with Crippen molar-refractivity contribution in [1.29, 1.82) is 0 Å². The molecule has 0 bridgehead atoms. The quantitative estimate of drug-likeness (QED) is 0.755. The second-order valence-corrected chi connectivity index (χ2v) is 8.13. The van der Waals surface area contributed by atoms with E-state index in [4.69, 9.17) is 0 Å². The number of benzene rings is 1. The van der Waals surface area contributed by atoms with Crippen molar-refractivity contribution in [3.8, 4) is 0 Å². The third kappa shape index (κ3) is 5.02. The van der Waals surface area contributed by atoms with Gasteiger partial charge in [-0.15, -0.1) is 0 Å². The highest BCUT2D eigenvalue weighted by molar-refractivity contribution is 7.89. The van der Waals surface area contributed by atoms with E-state index >= 15 is 0 Å². The number of carbonyl (C=O) groups excluding carboxylic acids is 2. The molecule has 0 saturated carbocycles. The molecule has 7 nitrogen and oxygen atoms in total. The molecule has 0 spiro atoms. The molecule has 1 heterocycles. The van der Waals surface area contributed by atoms with Crippen LogP contribution in [0.2, 0.25) is 0 Å². The largest absolute Gasteiger partial charge is 0.352 e. The van der Waals surface area contributed by atoms with Gasteiger partial charge in [0.25, 0.3) is 5.91 Å². The van der Waals surface area contributed by atoms with Crippen LogP contribution in [0.5, 0.6) is 0 Å². The molecule has 0 aliphatic carbocycles. The highest BCUT2D eigenvalue weighted by atomic mass is 32.2. The van der Waals surface area contributed by atoms with Gasteiger partial charge in [0.15, 0.2) is 0 Å². The van der Waals surface area contributed by atoms with Crippen LogP contribution in [-0.2, 0) is 14.8 Å². The van der Waals surface area contributed by atoms with Gasteiger partial charge >= 0.3 is 0 Å². The van der Waals surface area contributed by atoms with Crippen molar-refractivity contribution in [2.75, 3.05) is 19.6 Å². The summed E-state index contributed by atoms with van der Waals surface area (Å²) in [7, 11) is -3.49. The molecule has 1 aromatic rings. The van der Waals surface area contributed by atoms with Crippen LogP contribution in [0.1, 0.15) is 43.5 Å². The fraction of sp³-hybridized carbons (Fsp3) is 0.529. The second-order valence-electron chi connectivity index (χ2n) is 6.20. The van der Waals surface area contributed by atoms with E-state index < -0.39 is 15.9 Å². The van der Waals surface area contributed by atoms with Crippen LogP contribution in [0.25, 0.3) is 0 Å². The number of amides is 2. The van der Waals surface area contributed by atoms with E-state index in [9.17, 15) is 18.0 Å². The molecule has 2 amide bonds. The zero-order valence-electron chi connectivity index (χ0n) is 14.6. The van der Waals surface area contributed by atoms with Gasteiger partial charge in [0.1, 0.15) is 0 Å². The zero-order valence-corrected chi connectivity index (χ0v) is 15.4. The van der Waals surface area contributed by atoms with Gasteiger partial charge in [0, 0.05) is 24.7 Å². The molecule has 1 fully saturated rings.